The molecule has 1 aromatic rings. The van der Waals surface area contributed by atoms with E-state index < -0.39 is 5.97 Å². The minimum absolute atomic E-state index is 0.119. The second-order valence-electron chi connectivity index (χ2n) is 5.18. The number of ether oxygens (including phenoxy) is 1. The fraction of sp³-hybridized carbons (Fsp3) is 0.429. The first-order chi connectivity index (χ1) is 9.61. The van der Waals surface area contributed by atoms with Crippen LogP contribution < -0.4 is 5.32 Å². The number of hydrogen-bond donors (Lipinski definition) is 2. The zero-order valence-corrected chi connectivity index (χ0v) is 11.0. The molecule has 0 radical (unpaired) electrons. The Balaban J connectivity index is 1.69. The van der Waals surface area contributed by atoms with Crippen molar-refractivity contribution in [1.29, 1.82) is 0 Å². The van der Waals surface area contributed by atoms with E-state index in [1.165, 1.54) is 5.56 Å². The van der Waals surface area contributed by atoms with E-state index in [0.29, 0.717) is 25.2 Å². The van der Waals surface area contributed by atoms with Gasteiger partial charge in [-0.3, -0.25) is 4.90 Å². The molecule has 0 saturated carbocycles. The summed E-state index contributed by atoms with van der Waals surface area (Å²) in [6.45, 7) is 2.81. The summed E-state index contributed by atoms with van der Waals surface area (Å²) < 4.78 is 5.13. The molecule has 0 aromatic heterocycles. The zero-order chi connectivity index (χ0) is 14.1. The molecule has 1 unspecified atom stereocenters. The van der Waals surface area contributed by atoms with Gasteiger partial charge >= 0.3 is 12.1 Å². The summed E-state index contributed by atoms with van der Waals surface area (Å²) in [6, 6.07) is 5.29. The molecule has 3 rings (SSSR count). The normalized spacial score (nSPS) is 22.0. The number of cyclic esters (lactones) is 1. The van der Waals surface area contributed by atoms with Crippen molar-refractivity contribution in [3.63, 3.8) is 0 Å². The van der Waals surface area contributed by atoms with Gasteiger partial charge in [0.25, 0.3) is 0 Å². The molecule has 1 amide bonds. The average molecular weight is 276 g/mol. The molecule has 2 heterocycles. The van der Waals surface area contributed by atoms with Crippen LogP contribution in [0.15, 0.2) is 18.2 Å². The largest absolute Gasteiger partial charge is 0.478 e. The lowest BCUT2D eigenvalue weighted by atomic mass is 9.97. The monoisotopic (exact) mass is 276 g/mol. The number of fused-ring (bicyclic) bond motifs is 1. The Kier molecular flexibility index (Phi) is 3.31. The van der Waals surface area contributed by atoms with Crippen LogP contribution in [0.5, 0.6) is 0 Å². The molecule has 2 aliphatic heterocycles. The third-order valence-electron chi connectivity index (χ3n) is 3.75. The number of hydrogen-bond acceptors (Lipinski definition) is 4. The molecule has 0 bridgehead atoms. The second kappa shape index (κ2) is 5.13. The summed E-state index contributed by atoms with van der Waals surface area (Å²) >= 11 is 0. The Hall–Kier alpha value is -2.08. The summed E-state index contributed by atoms with van der Waals surface area (Å²) in [6.07, 6.45) is 0.413. The number of amides is 1. The fourth-order valence-electron chi connectivity index (χ4n) is 2.73. The molecule has 1 saturated heterocycles. The van der Waals surface area contributed by atoms with Crippen LogP contribution in [0, 0.1) is 0 Å². The number of benzene rings is 1. The number of nitrogens with one attached hydrogen (secondary N) is 1. The lowest BCUT2D eigenvalue weighted by molar-refractivity contribution is 0.0695. The van der Waals surface area contributed by atoms with Gasteiger partial charge in [-0.15, -0.1) is 0 Å². The maximum Gasteiger partial charge on any atom is 0.407 e. The van der Waals surface area contributed by atoms with E-state index in [4.69, 9.17) is 9.84 Å². The van der Waals surface area contributed by atoms with Crippen LogP contribution in [0.2, 0.25) is 0 Å². The van der Waals surface area contributed by atoms with Gasteiger partial charge in [0, 0.05) is 19.6 Å². The SMILES string of the molecule is O=C1NCC(CN2CCc3ccc(C(=O)O)cc3C2)O1. The summed E-state index contributed by atoms with van der Waals surface area (Å²) in [5.74, 6) is -0.904. The van der Waals surface area contributed by atoms with E-state index in [0.717, 1.165) is 18.5 Å². The minimum atomic E-state index is -0.904. The van der Waals surface area contributed by atoms with Crippen LogP contribution in [-0.2, 0) is 17.7 Å². The standard InChI is InChI=1S/C14H16N2O4/c17-13(18)10-2-1-9-3-4-16(7-11(9)5-10)8-12-6-15-14(19)20-12/h1-2,5,12H,3-4,6-8H2,(H,15,19)(H,17,18). The lowest BCUT2D eigenvalue weighted by Gasteiger charge is -2.30. The van der Waals surface area contributed by atoms with Gasteiger partial charge in [-0.05, 0) is 29.7 Å². The third kappa shape index (κ3) is 2.60. The number of carbonyl (C=O) groups is 2. The van der Waals surface area contributed by atoms with Gasteiger partial charge in [-0.1, -0.05) is 6.07 Å². The van der Waals surface area contributed by atoms with E-state index in [1.54, 1.807) is 12.1 Å². The van der Waals surface area contributed by atoms with Crippen molar-refractivity contribution in [1.82, 2.24) is 10.2 Å². The molecule has 2 N–H and O–H groups in total. The van der Waals surface area contributed by atoms with Crippen LogP contribution in [0.4, 0.5) is 4.79 Å². The maximum atomic E-state index is 11.0. The predicted molar refractivity (Wildman–Crippen MR) is 70.7 cm³/mol. The number of carboxylic acids is 1. The van der Waals surface area contributed by atoms with Crippen LogP contribution in [0.1, 0.15) is 21.5 Å². The van der Waals surface area contributed by atoms with Crippen molar-refractivity contribution in [2.45, 2.75) is 19.1 Å². The quantitative estimate of drug-likeness (QED) is 0.855. The van der Waals surface area contributed by atoms with Crippen molar-refractivity contribution in [2.75, 3.05) is 19.6 Å². The Bertz CT molecular complexity index is 558. The molecule has 1 atom stereocenters. The Morgan fingerprint density at radius 2 is 2.30 bits per heavy atom. The van der Waals surface area contributed by atoms with Gasteiger partial charge in [0.1, 0.15) is 6.10 Å². The number of aromatic carboxylic acids is 1. The predicted octanol–water partition coefficient (Wildman–Crippen LogP) is 0.851. The first kappa shape index (κ1) is 12.9. The van der Waals surface area contributed by atoms with E-state index in [-0.39, 0.29) is 12.2 Å². The van der Waals surface area contributed by atoms with Gasteiger partial charge in [0.2, 0.25) is 0 Å². The number of carbonyl (C=O) groups excluding carboxylic acids is 1. The number of carboxylic acid groups (broad SMARTS) is 1. The third-order valence-corrected chi connectivity index (χ3v) is 3.75. The van der Waals surface area contributed by atoms with E-state index >= 15 is 0 Å². The molecule has 2 aliphatic rings. The van der Waals surface area contributed by atoms with Crippen LogP contribution in [0.3, 0.4) is 0 Å². The van der Waals surface area contributed by atoms with E-state index in [1.807, 2.05) is 6.07 Å². The number of rotatable bonds is 3. The highest BCUT2D eigenvalue weighted by Crippen LogP contribution is 2.21. The molecule has 0 aliphatic carbocycles. The van der Waals surface area contributed by atoms with Gasteiger partial charge in [-0.25, -0.2) is 9.59 Å². The molecule has 20 heavy (non-hydrogen) atoms. The van der Waals surface area contributed by atoms with E-state index in [2.05, 4.69) is 10.2 Å². The molecule has 1 aromatic carbocycles. The van der Waals surface area contributed by atoms with Crippen molar-refractivity contribution in [3.05, 3.63) is 34.9 Å². The van der Waals surface area contributed by atoms with Gasteiger partial charge in [0.05, 0.1) is 12.1 Å². The molecule has 6 nitrogen and oxygen atoms in total. The first-order valence-electron chi connectivity index (χ1n) is 6.64. The highest BCUT2D eigenvalue weighted by atomic mass is 16.6. The fourth-order valence-corrected chi connectivity index (χ4v) is 2.73. The number of alkyl carbamates (subject to hydrolysis) is 1. The first-order valence-corrected chi connectivity index (χ1v) is 6.64. The van der Waals surface area contributed by atoms with Gasteiger partial charge in [-0.2, -0.15) is 0 Å². The number of nitrogens with zero attached hydrogens (tertiary/aromatic N) is 1. The van der Waals surface area contributed by atoms with Crippen LogP contribution in [0.25, 0.3) is 0 Å². The molecule has 0 spiro atoms. The Labute approximate surface area is 116 Å². The zero-order valence-electron chi connectivity index (χ0n) is 11.0. The highest BCUT2D eigenvalue weighted by Gasteiger charge is 2.26. The Morgan fingerprint density at radius 3 is 3.00 bits per heavy atom. The Morgan fingerprint density at radius 1 is 1.45 bits per heavy atom. The summed E-state index contributed by atoms with van der Waals surface area (Å²) in [4.78, 5) is 24.2. The topological polar surface area (TPSA) is 78.9 Å². The summed E-state index contributed by atoms with van der Waals surface area (Å²) in [5.41, 5.74) is 2.57. The molecule has 106 valence electrons. The van der Waals surface area contributed by atoms with Crippen molar-refractivity contribution < 1.29 is 19.4 Å². The minimum Gasteiger partial charge on any atom is -0.478 e. The van der Waals surface area contributed by atoms with Crippen molar-refractivity contribution >= 4 is 12.1 Å². The molecular formula is C14H16N2O4. The maximum absolute atomic E-state index is 11.0. The molecular weight excluding hydrogens is 260 g/mol. The highest BCUT2D eigenvalue weighted by molar-refractivity contribution is 5.87. The molecule has 1 fully saturated rings. The van der Waals surface area contributed by atoms with Crippen LogP contribution >= 0.6 is 0 Å². The summed E-state index contributed by atoms with van der Waals surface area (Å²) in [7, 11) is 0. The summed E-state index contributed by atoms with van der Waals surface area (Å²) in [5, 5.41) is 11.7. The second-order valence-corrected chi connectivity index (χ2v) is 5.18. The average Bonchev–Trinajstić information content (AvgIpc) is 2.83. The van der Waals surface area contributed by atoms with Crippen molar-refractivity contribution in [2.24, 2.45) is 0 Å². The smallest absolute Gasteiger partial charge is 0.407 e. The molecule has 6 heteroatoms. The van der Waals surface area contributed by atoms with Gasteiger partial charge in [0.15, 0.2) is 0 Å². The van der Waals surface area contributed by atoms with Crippen molar-refractivity contribution in [3.8, 4) is 0 Å². The van der Waals surface area contributed by atoms with E-state index in [9.17, 15) is 9.59 Å². The lowest BCUT2D eigenvalue weighted by Crippen LogP contribution is -2.38. The van der Waals surface area contributed by atoms with Crippen LogP contribution in [-0.4, -0.2) is 47.8 Å². The van der Waals surface area contributed by atoms with Gasteiger partial charge < -0.3 is 15.2 Å².